The molecule has 0 bridgehead atoms. The average molecular weight is 392 g/mol. The summed E-state index contributed by atoms with van der Waals surface area (Å²) in [7, 11) is 12.5. The Labute approximate surface area is 172 Å². The molecule has 0 amide bonds. The minimum absolute atomic E-state index is 0.105. The fourth-order valence-electron chi connectivity index (χ4n) is 3.95. The number of hydrogen-bond donors (Lipinski definition) is 0. The molecule has 1 rings (SSSR count). The molecule has 5 heteroatoms. The molecule has 0 saturated carbocycles. The van der Waals surface area contributed by atoms with Gasteiger partial charge in [0.15, 0.2) is 0 Å². The zero-order valence-corrected chi connectivity index (χ0v) is 19.1. The molecule has 0 aliphatic carbocycles. The molecule has 0 N–H and O–H groups in total. The van der Waals surface area contributed by atoms with Crippen LogP contribution in [0.4, 0.5) is 0 Å². The highest BCUT2D eigenvalue weighted by atomic mass is 16.5. The van der Waals surface area contributed by atoms with Crippen molar-refractivity contribution in [3.63, 3.8) is 0 Å². The topological polar surface area (TPSA) is 36.0 Å². The van der Waals surface area contributed by atoms with Crippen molar-refractivity contribution in [3.05, 3.63) is 30.3 Å². The molecule has 0 aliphatic rings. The van der Waals surface area contributed by atoms with Gasteiger partial charge >= 0.3 is 5.97 Å². The Morgan fingerprint density at radius 1 is 1.00 bits per heavy atom. The monoisotopic (exact) mass is 391 g/mol. The number of nitrogens with zero attached hydrogens (tertiary/aromatic N) is 3. The third-order valence-electron chi connectivity index (χ3n) is 5.20. The molecule has 2 atom stereocenters. The zero-order chi connectivity index (χ0) is 21.2. The van der Waals surface area contributed by atoms with Crippen LogP contribution >= 0.6 is 0 Å². The minimum atomic E-state index is -0.502. The van der Waals surface area contributed by atoms with Crippen LogP contribution in [0.1, 0.15) is 32.6 Å². The number of para-hydroxylation sites is 1. The van der Waals surface area contributed by atoms with Gasteiger partial charge in [0.25, 0.3) is 0 Å². The molecular formula is C23H41N3O2. The molecule has 160 valence electrons. The highest BCUT2D eigenvalue weighted by Gasteiger charge is 2.41. The lowest BCUT2D eigenvalue weighted by atomic mass is 9.75. The SMILES string of the molecule is CCC(CC(CCCN(C)C)CN(C)C)(CN(C)C)C(=O)Oc1ccccc1. The molecule has 0 heterocycles. The van der Waals surface area contributed by atoms with Gasteiger partial charge in [0.2, 0.25) is 0 Å². The third kappa shape index (κ3) is 8.72. The van der Waals surface area contributed by atoms with E-state index in [2.05, 4.69) is 49.8 Å². The summed E-state index contributed by atoms with van der Waals surface area (Å²) < 4.78 is 5.83. The van der Waals surface area contributed by atoms with E-state index in [1.807, 2.05) is 44.4 Å². The van der Waals surface area contributed by atoms with Crippen LogP contribution in [0.15, 0.2) is 30.3 Å². The van der Waals surface area contributed by atoms with E-state index in [0.717, 1.165) is 38.8 Å². The first-order valence-corrected chi connectivity index (χ1v) is 10.4. The minimum Gasteiger partial charge on any atom is -0.426 e. The summed E-state index contributed by atoms with van der Waals surface area (Å²) >= 11 is 0. The maximum Gasteiger partial charge on any atom is 0.318 e. The lowest BCUT2D eigenvalue weighted by Gasteiger charge is -2.37. The van der Waals surface area contributed by atoms with Gasteiger partial charge in [0, 0.05) is 13.1 Å². The van der Waals surface area contributed by atoms with Crippen LogP contribution in [0.2, 0.25) is 0 Å². The van der Waals surface area contributed by atoms with Gasteiger partial charge < -0.3 is 19.4 Å². The van der Waals surface area contributed by atoms with E-state index < -0.39 is 5.41 Å². The zero-order valence-electron chi connectivity index (χ0n) is 19.1. The summed E-state index contributed by atoms with van der Waals surface area (Å²) in [5, 5.41) is 0. The average Bonchev–Trinajstić information content (AvgIpc) is 2.60. The predicted molar refractivity (Wildman–Crippen MR) is 118 cm³/mol. The van der Waals surface area contributed by atoms with E-state index in [-0.39, 0.29) is 5.97 Å². The Bertz CT molecular complexity index is 560. The quantitative estimate of drug-likeness (QED) is 0.380. The van der Waals surface area contributed by atoms with Crippen molar-refractivity contribution in [1.29, 1.82) is 0 Å². The van der Waals surface area contributed by atoms with Gasteiger partial charge in [-0.1, -0.05) is 25.1 Å². The van der Waals surface area contributed by atoms with Crippen molar-refractivity contribution in [3.8, 4) is 5.75 Å². The molecule has 0 aromatic heterocycles. The van der Waals surface area contributed by atoms with Crippen molar-refractivity contribution in [2.24, 2.45) is 11.3 Å². The fraction of sp³-hybridized carbons (Fsp3) is 0.696. The van der Waals surface area contributed by atoms with Crippen molar-refractivity contribution in [2.45, 2.75) is 32.6 Å². The highest BCUT2D eigenvalue weighted by Crippen LogP contribution is 2.35. The number of esters is 1. The molecule has 5 nitrogen and oxygen atoms in total. The molecule has 0 spiro atoms. The number of carbonyl (C=O) groups is 1. The van der Waals surface area contributed by atoms with Crippen LogP contribution < -0.4 is 4.74 Å². The van der Waals surface area contributed by atoms with E-state index in [4.69, 9.17) is 4.74 Å². The highest BCUT2D eigenvalue weighted by molar-refractivity contribution is 5.79. The lowest BCUT2D eigenvalue weighted by Crippen LogP contribution is -2.45. The van der Waals surface area contributed by atoms with Gasteiger partial charge in [-0.3, -0.25) is 4.79 Å². The van der Waals surface area contributed by atoms with Crippen LogP contribution in [0.25, 0.3) is 0 Å². The van der Waals surface area contributed by atoms with Gasteiger partial charge in [-0.25, -0.2) is 0 Å². The third-order valence-corrected chi connectivity index (χ3v) is 5.20. The summed E-state index contributed by atoms with van der Waals surface area (Å²) in [4.78, 5) is 19.9. The standard InChI is InChI=1S/C23H41N3O2/c1-8-23(19-26(6)7,22(27)28-21-14-10-9-11-15-21)17-20(18-25(4)5)13-12-16-24(2)3/h9-11,14-15,20H,8,12-13,16-19H2,1-7H3. The Balaban J connectivity index is 3.01. The van der Waals surface area contributed by atoms with E-state index in [1.165, 1.54) is 0 Å². The van der Waals surface area contributed by atoms with Gasteiger partial charge in [0.1, 0.15) is 5.75 Å². The van der Waals surface area contributed by atoms with Crippen molar-refractivity contribution >= 4 is 5.97 Å². The van der Waals surface area contributed by atoms with E-state index >= 15 is 0 Å². The van der Waals surface area contributed by atoms with Crippen molar-refractivity contribution in [2.75, 3.05) is 61.9 Å². The summed E-state index contributed by atoms with van der Waals surface area (Å²) in [5.74, 6) is 0.977. The van der Waals surface area contributed by atoms with Gasteiger partial charge in [-0.15, -0.1) is 0 Å². The second-order valence-corrected chi connectivity index (χ2v) is 8.85. The molecule has 1 aromatic carbocycles. The van der Waals surface area contributed by atoms with E-state index in [9.17, 15) is 4.79 Å². The Kier molecular flexibility index (Phi) is 10.7. The first-order valence-electron chi connectivity index (χ1n) is 10.4. The smallest absolute Gasteiger partial charge is 0.318 e. The van der Waals surface area contributed by atoms with Crippen LogP contribution in [0, 0.1) is 11.3 Å². The Hall–Kier alpha value is -1.43. The maximum atomic E-state index is 13.3. The maximum absolute atomic E-state index is 13.3. The number of hydrogen-bond acceptors (Lipinski definition) is 5. The fourth-order valence-corrected chi connectivity index (χ4v) is 3.95. The Morgan fingerprint density at radius 3 is 2.14 bits per heavy atom. The molecule has 0 radical (unpaired) electrons. The Morgan fingerprint density at radius 2 is 1.64 bits per heavy atom. The molecule has 0 saturated heterocycles. The largest absolute Gasteiger partial charge is 0.426 e. The number of ether oxygens (including phenoxy) is 1. The summed E-state index contributed by atoms with van der Waals surface area (Å²) in [6.45, 7) is 4.88. The van der Waals surface area contributed by atoms with Crippen LogP contribution in [-0.4, -0.2) is 82.6 Å². The van der Waals surface area contributed by atoms with Crippen LogP contribution in [-0.2, 0) is 4.79 Å². The first-order chi connectivity index (χ1) is 13.2. The second kappa shape index (κ2) is 12.2. The first kappa shape index (κ1) is 24.6. The van der Waals surface area contributed by atoms with Crippen molar-refractivity contribution in [1.82, 2.24) is 14.7 Å². The summed E-state index contributed by atoms with van der Waals surface area (Å²) in [5.41, 5.74) is -0.502. The van der Waals surface area contributed by atoms with Crippen LogP contribution in [0.3, 0.4) is 0 Å². The van der Waals surface area contributed by atoms with E-state index in [1.54, 1.807) is 0 Å². The molecule has 28 heavy (non-hydrogen) atoms. The normalized spacial score (nSPS) is 15.1. The summed E-state index contributed by atoms with van der Waals surface area (Å²) in [6, 6.07) is 9.43. The predicted octanol–water partition coefficient (Wildman–Crippen LogP) is 3.46. The second-order valence-electron chi connectivity index (χ2n) is 8.85. The number of rotatable bonds is 13. The van der Waals surface area contributed by atoms with Crippen LogP contribution in [0.5, 0.6) is 5.75 Å². The molecular weight excluding hydrogens is 350 g/mol. The lowest BCUT2D eigenvalue weighted by molar-refractivity contribution is -0.148. The molecule has 0 fully saturated rings. The van der Waals surface area contributed by atoms with Crippen molar-refractivity contribution < 1.29 is 9.53 Å². The number of benzene rings is 1. The molecule has 0 aliphatic heterocycles. The molecule has 1 aromatic rings. The van der Waals surface area contributed by atoms with Gasteiger partial charge in [-0.2, -0.15) is 0 Å². The molecule has 2 unspecified atom stereocenters. The van der Waals surface area contributed by atoms with Gasteiger partial charge in [0.05, 0.1) is 5.41 Å². The number of carbonyl (C=O) groups excluding carboxylic acids is 1. The summed E-state index contributed by atoms with van der Waals surface area (Å²) in [6.07, 6.45) is 3.87. The van der Waals surface area contributed by atoms with E-state index in [0.29, 0.717) is 18.2 Å². The van der Waals surface area contributed by atoms with Gasteiger partial charge in [-0.05, 0) is 92.6 Å².